The Kier molecular flexibility index (Phi) is 4.68. The van der Waals surface area contributed by atoms with Gasteiger partial charge in [0, 0.05) is 12.8 Å². The van der Waals surface area contributed by atoms with Crippen molar-refractivity contribution < 1.29 is 24.3 Å². The molecule has 0 saturated carbocycles. The van der Waals surface area contributed by atoms with Gasteiger partial charge in [-0.05, 0) is 12.8 Å². The van der Waals surface area contributed by atoms with Gasteiger partial charge in [-0.3, -0.25) is 0 Å². The van der Waals surface area contributed by atoms with Crippen molar-refractivity contribution in [3.8, 4) is 0 Å². The van der Waals surface area contributed by atoms with Gasteiger partial charge < -0.3 is 14.4 Å². The number of likely N-dealkylation sites (tertiary alicyclic amines) is 1. The average Bonchev–Trinajstić information content (AvgIpc) is 2.24. The molecule has 0 radical (unpaired) electrons. The van der Waals surface area contributed by atoms with Crippen LogP contribution < -0.4 is 0 Å². The molecule has 1 aliphatic rings. The van der Waals surface area contributed by atoms with Crippen molar-refractivity contribution in [2.75, 3.05) is 26.7 Å². The lowest BCUT2D eigenvalue weighted by molar-refractivity contribution is -0.930. The monoisotopic (exact) mass is 247 g/mol. The molecule has 0 aliphatic carbocycles. The van der Waals surface area contributed by atoms with E-state index >= 15 is 0 Å². The molecule has 98 valence electrons. The molecule has 7 nitrogen and oxygen atoms in total. The minimum atomic E-state index is -0.815. The van der Waals surface area contributed by atoms with E-state index in [0.717, 1.165) is 19.4 Å². The Morgan fingerprint density at radius 3 is 2.88 bits per heavy atom. The molecule has 17 heavy (non-hydrogen) atoms. The van der Waals surface area contributed by atoms with Crippen molar-refractivity contribution in [1.29, 1.82) is 0 Å². The van der Waals surface area contributed by atoms with Gasteiger partial charge in [-0.25, -0.2) is 4.79 Å². The molecule has 0 bridgehead atoms. The van der Waals surface area contributed by atoms with Crippen LogP contribution in [0.15, 0.2) is 0 Å². The maximum Gasteiger partial charge on any atom is 0.362 e. The number of piperidine rings is 1. The van der Waals surface area contributed by atoms with E-state index in [2.05, 4.69) is 4.84 Å². The number of quaternary nitrogens is 1. The molecular weight excluding hydrogens is 228 g/mol. The van der Waals surface area contributed by atoms with Gasteiger partial charge in [-0.2, -0.15) is 0 Å². The third-order valence-electron chi connectivity index (χ3n) is 3.44. The zero-order chi connectivity index (χ0) is 12.9. The van der Waals surface area contributed by atoms with Crippen molar-refractivity contribution in [2.45, 2.75) is 31.7 Å². The first-order valence-corrected chi connectivity index (χ1v) is 5.80. The summed E-state index contributed by atoms with van der Waals surface area (Å²) in [7, 11) is 1.91. The summed E-state index contributed by atoms with van der Waals surface area (Å²) < 4.78 is 0.455. The lowest BCUT2D eigenvalue weighted by Crippen LogP contribution is -2.58. The zero-order valence-electron chi connectivity index (χ0n) is 10.0. The highest BCUT2D eigenvalue weighted by Gasteiger charge is 2.40. The Hall–Kier alpha value is -1.37. The van der Waals surface area contributed by atoms with Crippen molar-refractivity contribution in [1.82, 2.24) is 0 Å². The molecule has 0 aromatic carbocycles. The lowest BCUT2D eigenvalue weighted by atomic mass is 9.99. The number of rotatable bonds is 6. The first-order chi connectivity index (χ1) is 7.96. The maximum atomic E-state index is 11.2. The molecule has 1 aliphatic heterocycles. The van der Waals surface area contributed by atoms with Gasteiger partial charge in [0.2, 0.25) is 0 Å². The van der Waals surface area contributed by atoms with E-state index in [0.29, 0.717) is 23.9 Å². The standard InChI is InChI=1S/C10H18N2O5/c1-12(7-4-8-17-11(15)16)6-3-2-5-9(12)10(13)14/h9H,2-8H2,1H3/p+1. The summed E-state index contributed by atoms with van der Waals surface area (Å²) in [5.41, 5.74) is 0. The third kappa shape index (κ3) is 3.85. The summed E-state index contributed by atoms with van der Waals surface area (Å²) in [5, 5.41) is 18.3. The van der Waals surface area contributed by atoms with Gasteiger partial charge in [0.25, 0.3) is 5.09 Å². The fourth-order valence-electron chi connectivity index (χ4n) is 2.50. The highest BCUT2D eigenvalue weighted by atomic mass is 16.9. The molecule has 1 fully saturated rings. The molecule has 2 unspecified atom stereocenters. The molecule has 0 aromatic heterocycles. The van der Waals surface area contributed by atoms with Crippen molar-refractivity contribution in [2.24, 2.45) is 0 Å². The number of aliphatic carboxylic acids is 1. The van der Waals surface area contributed by atoms with E-state index in [1.165, 1.54) is 0 Å². The van der Waals surface area contributed by atoms with E-state index < -0.39 is 11.1 Å². The summed E-state index contributed by atoms with van der Waals surface area (Å²) in [6, 6.07) is -0.389. The van der Waals surface area contributed by atoms with Crippen molar-refractivity contribution in [3.63, 3.8) is 0 Å². The normalized spacial score (nSPS) is 28.6. The van der Waals surface area contributed by atoms with Gasteiger partial charge in [0.1, 0.15) is 6.61 Å². The summed E-state index contributed by atoms with van der Waals surface area (Å²) in [4.78, 5) is 25.4. The second-order valence-corrected chi connectivity index (χ2v) is 4.69. The molecule has 1 rings (SSSR count). The molecule has 1 heterocycles. The number of carboxylic acids is 1. The van der Waals surface area contributed by atoms with Crippen LogP contribution in [0.5, 0.6) is 0 Å². The van der Waals surface area contributed by atoms with Crippen LogP contribution in [0.2, 0.25) is 0 Å². The summed E-state index contributed by atoms with van der Waals surface area (Å²) in [5.74, 6) is -0.776. The largest absolute Gasteiger partial charge is 0.477 e. The van der Waals surface area contributed by atoms with Gasteiger partial charge in [-0.15, -0.1) is 10.1 Å². The number of hydrogen-bond acceptors (Lipinski definition) is 4. The predicted molar refractivity (Wildman–Crippen MR) is 58.8 cm³/mol. The molecule has 7 heteroatoms. The highest BCUT2D eigenvalue weighted by Crippen LogP contribution is 2.24. The Labute approximate surface area is 99.7 Å². The minimum Gasteiger partial charge on any atom is -0.477 e. The highest BCUT2D eigenvalue weighted by molar-refractivity contribution is 5.72. The third-order valence-corrected chi connectivity index (χ3v) is 3.44. The molecular formula is C10H19N2O5+. The van der Waals surface area contributed by atoms with Crippen LogP contribution in [0, 0.1) is 10.1 Å². The Bertz CT molecular complexity index is 296. The van der Waals surface area contributed by atoms with Crippen molar-refractivity contribution in [3.05, 3.63) is 10.1 Å². The van der Waals surface area contributed by atoms with E-state index in [4.69, 9.17) is 5.11 Å². The van der Waals surface area contributed by atoms with Crippen molar-refractivity contribution >= 4 is 5.97 Å². The number of likely N-dealkylation sites (N-methyl/N-ethyl adjacent to an activating group) is 1. The molecule has 1 saturated heterocycles. The maximum absolute atomic E-state index is 11.2. The molecule has 0 amide bonds. The quantitative estimate of drug-likeness (QED) is 0.322. The van der Waals surface area contributed by atoms with Crippen LogP contribution >= 0.6 is 0 Å². The summed E-state index contributed by atoms with van der Waals surface area (Å²) in [6.45, 7) is 1.45. The molecule has 0 spiro atoms. The summed E-state index contributed by atoms with van der Waals surface area (Å²) >= 11 is 0. The van der Waals surface area contributed by atoms with Crippen LogP contribution in [0.1, 0.15) is 25.7 Å². The van der Waals surface area contributed by atoms with Crippen LogP contribution in [0.25, 0.3) is 0 Å². The molecule has 0 aromatic rings. The second-order valence-electron chi connectivity index (χ2n) is 4.69. The van der Waals surface area contributed by atoms with Crippen LogP contribution in [-0.4, -0.2) is 53.4 Å². The smallest absolute Gasteiger partial charge is 0.362 e. The number of carbonyl (C=O) groups is 1. The number of carboxylic acid groups (broad SMARTS) is 1. The van der Waals surface area contributed by atoms with E-state index in [1.807, 2.05) is 7.05 Å². The van der Waals surface area contributed by atoms with E-state index in [9.17, 15) is 14.9 Å². The Morgan fingerprint density at radius 1 is 1.59 bits per heavy atom. The zero-order valence-corrected chi connectivity index (χ0v) is 10.0. The average molecular weight is 247 g/mol. The van der Waals surface area contributed by atoms with E-state index in [1.54, 1.807) is 0 Å². The van der Waals surface area contributed by atoms with Gasteiger partial charge in [-0.1, -0.05) is 0 Å². The Morgan fingerprint density at radius 2 is 2.29 bits per heavy atom. The fourth-order valence-corrected chi connectivity index (χ4v) is 2.50. The van der Waals surface area contributed by atoms with Gasteiger partial charge >= 0.3 is 5.97 Å². The lowest BCUT2D eigenvalue weighted by Gasteiger charge is -2.42. The SMILES string of the molecule is C[N+]1(CCCO[N+](=O)[O-])CCCCC1C(=O)O. The first-order valence-electron chi connectivity index (χ1n) is 5.80. The predicted octanol–water partition coefficient (Wildman–Crippen LogP) is 0.668. The second kappa shape index (κ2) is 5.81. The van der Waals surface area contributed by atoms with Gasteiger partial charge in [0.05, 0.1) is 20.1 Å². The van der Waals surface area contributed by atoms with Crippen LogP contribution in [0.3, 0.4) is 0 Å². The Balaban J connectivity index is 2.46. The molecule has 2 atom stereocenters. The topological polar surface area (TPSA) is 89.7 Å². The molecule has 1 N–H and O–H groups in total. The first kappa shape index (κ1) is 13.7. The van der Waals surface area contributed by atoms with Gasteiger partial charge in [0.15, 0.2) is 6.04 Å². The summed E-state index contributed by atoms with van der Waals surface area (Å²) in [6.07, 6.45) is 3.13. The minimum absolute atomic E-state index is 0.0349. The van der Waals surface area contributed by atoms with E-state index in [-0.39, 0.29) is 12.6 Å². The fraction of sp³-hybridized carbons (Fsp3) is 0.900. The number of nitrogens with zero attached hydrogens (tertiary/aromatic N) is 2. The van der Waals surface area contributed by atoms with Crippen LogP contribution in [-0.2, 0) is 9.63 Å². The van der Waals surface area contributed by atoms with Crippen LogP contribution in [0.4, 0.5) is 0 Å². The number of hydrogen-bond donors (Lipinski definition) is 1.